The molecule has 0 atom stereocenters. The number of nitrogens with zero attached hydrogens (tertiary/aromatic N) is 3. The molecule has 0 saturated carbocycles. The zero-order chi connectivity index (χ0) is 24.3. The number of benzene rings is 2. The molecule has 2 aromatic heterocycles. The third-order valence-corrected chi connectivity index (χ3v) is 7.11. The molecule has 0 aliphatic rings. The Morgan fingerprint density at radius 2 is 1.68 bits per heavy atom. The molecule has 7 nitrogen and oxygen atoms in total. The van der Waals surface area contributed by atoms with Crippen LogP contribution in [-0.2, 0) is 23.0 Å². The Morgan fingerprint density at radius 1 is 0.941 bits per heavy atom. The van der Waals surface area contributed by atoms with E-state index in [0.29, 0.717) is 24.3 Å². The third kappa shape index (κ3) is 5.35. The minimum absolute atomic E-state index is 0.0350. The van der Waals surface area contributed by atoms with Crippen molar-refractivity contribution in [3.05, 3.63) is 112 Å². The number of hydrogen-bond acceptors (Lipinski definition) is 4. The maximum absolute atomic E-state index is 12.9. The fourth-order valence-corrected chi connectivity index (χ4v) is 5.15. The molecule has 0 radical (unpaired) electrons. The molecular weight excluding hydrogens is 448 g/mol. The predicted octanol–water partition coefficient (Wildman–Crippen LogP) is 3.53. The van der Waals surface area contributed by atoms with Crippen molar-refractivity contribution in [1.29, 1.82) is 0 Å². The molecule has 0 fully saturated rings. The van der Waals surface area contributed by atoms with Crippen LogP contribution in [0.1, 0.15) is 28.1 Å². The molecule has 0 aliphatic carbocycles. The molecule has 0 unspecified atom stereocenters. The SMILES string of the molecule is Cc1cccc(Cn2cncc2CCNS(=O)(=O)c2cc(C)n(-c3cccc(C)c3)c(=O)c2)c1. The lowest BCUT2D eigenvalue weighted by molar-refractivity contribution is 0.579. The molecular formula is C26H28N4O3S. The summed E-state index contributed by atoms with van der Waals surface area (Å²) in [5.41, 5.74) is 5.16. The van der Waals surface area contributed by atoms with Crippen molar-refractivity contribution in [2.24, 2.45) is 0 Å². The van der Waals surface area contributed by atoms with Crippen LogP contribution in [-0.4, -0.2) is 29.1 Å². The quantitative estimate of drug-likeness (QED) is 0.422. The van der Waals surface area contributed by atoms with E-state index in [9.17, 15) is 13.2 Å². The standard InChI is InChI=1S/C26H28N4O3S/c1-19-6-4-8-22(12-19)17-29-18-27-16-24(29)10-11-28-34(32,33)25-14-21(3)30(26(31)15-25)23-9-5-7-20(2)13-23/h4-9,12-16,18,28H,10-11,17H2,1-3H3. The predicted molar refractivity (Wildman–Crippen MR) is 133 cm³/mol. The molecule has 2 heterocycles. The number of pyridine rings is 1. The minimum atomic E-state index is -3.84. The van der Waals surface area contributed by atoms with Gasteiger partial charge in [0, 0.05) is 48.8 Å². The first-order valence-corrected chi connectivity index (χ1v) is 12.6. The van der Waals surface area contributed by atoms with Gasteiger partial charge >= 0.3 is 0 Å². The van der Waals surface area contributed by atoms with Crippen molar-refractivity contribution in [3.63, 3.8) is 0 Å². The lowest BCUT2D eigenvalue weighted by Crippen LogP contribution is -2.29. The second-order valence-electron chi connectivity index (χ2n) is 8.49. The van der Waals surface area contributed by atoms with Crippen molar-refractivity contribution in [1.82, 2.24) is 18.8 Å². The summed E-state index contributed by atoms with van der Waals surface area (Å²) in [6.45, 7) is 6.59. The highest BCUT2D eigenvalue weighted by atomic mass is 32.2. The molecule has 176 valence electrons. The van der Waals surface area contributed by atoms with Gasteiger partial charge in [-0.1, -0.05) is 42.0 Å². The molecule has 1 N–H and O–H groups in total. The molecule has 0 saturated heterocycles. The van der Waals surface area contributed by atoms with Crippen molar-refractivity contribution < 1.29 is 8.42 Å². The first-order valence-electron chi connectivity index (χ1n) is 11.1. The highest BCUT2D eigenvalue weighted by Gasteiger charge is 2.17. The maximum Gasteiger partial charge on any atom is 0.256 e. The zero-order valence-electron chi connectivity index (χ0n) is 19.5. The molecule has 8 heteroatoms. The average Bonchev–Trinajstić information content (AvgIpc) is 3.20. The van der Waals surface area contributed by atoms with Crippen LogP contribution in [0.3, 0.4) is 0 Å². The number of nitrogens with one attached hydrogen (secondary N) is 1. The molecule has 4 aromatic rings. The van der Waals surface area contributed by atoms with E-state index < -0.39 is 10.0 Å². The first-order chi connectivity index (χ1) is 16.2. The van der Waals surface area contributed by atoms with Crippen LogP contribution >= 0.6 is 0 Å². The largest absolute Gasteiger partial charge is 0.330 e. The molecule has 0 aliphatic heterocycles. The molecule has 2 aromatic carbocycles. The Hall–Kier alpha value is -3.49. The Morgan fingerprint density at radius 3 is 2.38 bits per heavy atom. The summed E-state index contributed by atoms with van der Waals surface area (Å²) in [7, 11) is -3.84. The van der Waals surface area contributed by atoms with Crippen LogP contribution in [0.4, 0.5) is 0 Å². The van der Waals surface area contributed by atoms with E-state index in [1.54, 1.807) is 19.4 Å². The zero-order valence-corrected chi connectivity index (χ0v) is 20.3. The van der Waals surface area contributed by atoms with Crippen LogP contribution in [0.2, 0.25) is 0 Å². The summed E-state index contributed by atoms with van der Waals surface area (Å²) in [6, 6.07) is 18.5. The van der Waals surface area contributed by atoms with E-state index in [1.807, 2.05) is 54.8 Å². The summed E-state index contributed by atoms with van der Waals surface area (Å²) in [5, 5.41) is 0. The molecule has 34 heavy (non-hydrogen) atoms. The number of hydrogen-bond donors (Lipinski definition) is 1. The Bertz CT molecular complexity index is 1490. The van der Waals surface area contributed by atoms with Gasteiger partial charge in [-0.05, 0) is 50.1 Å². The van der Waals surface area contributed by atoms with E-state index in [0.717, 1.165) is 16.8 Å². The van der Waals surface area contributed by atoms with Crippen molar-refractivity contribution in [2.45, 2.75) is 38.6 Å². The van der Waals surface area contributed by atoms with Gasteiger partial charge in [-0.15, -0.1) is 0 Å². The number of imidazole rings is 1. The van der Waals surface area contributed by atoms with Crippen molar-refractivity contribution in [2.75, 3.05) is 6.54 Å². The normalized spacial score (nSPS) is 11.6. The van der Waals surface area contributed by atoms with E-state index >= 15 is 0 Å². The summed E-state index contributed by atoms with van der Waals surface area (Å²) in [4.78, 5) is 17.0. The van der Waals surface area contributed by atoms with Crippen molar-refractivity contribution in [3.8, 4) is 5.69 Å². The van der Waals surface area contributed by atoms with Crippen LogP contribution in [0.15, 0.2) is 82.9 Å². The van der Waals surface area contributed by atoms with Gasteiger partial charge in [-0.3, -0.25) is 9.36 Å². The Balaban J connectivity index is 1.47. The third-order valence-electron chi connectivity index (χ3n) is 5.67. The summed E-state index contributed by atoms with van der Waals surface area (Å²) < 4.78 is 31.9. The topological polar surface area (TPSA) is 86.0 Å². The highest BCUT2D eigenvalue weighted by molar-refractivity contribution is 7.89. The van der Waals surface area contributed by atoms with Crippen LogP contribution in [0.5, 0.6) is 0 Å². The highest BCUT2D eigenvalue weighted by Crippen LogP contribution is 2.15. The summed E-state index contributed by atoms with van der Waals surface area (Å²) >= 11 is 0. The summed E-state index contributed by atoms with van der Waals surface area (Å²) in [6.07, 6.45) is 3.97. The fourth-order valence-electron chi connectivity index (χ4n) is 4.03. The minimum Gasteiger partial charge on any atom is -0.330 e. The van der Waals surface area contributed by atoms with Gasteiger partial charge in [-0.2, -0.15) is 0 Å². The van der Waals surface area contributed by atoms with Gasteiger partial charge in [0.1, 0.15) is 0 Å². The Labute approximate surface area is 199 Å². The first kappa shape index (κ1) is 23.7. The fraction of sp³-hybridized carbons (Fsp3) is 0.231. The van der Waals surface area contributed by atoms with Crippen molar-refractivity contribution >= 4 is 10.0 Å². The lowest BCUT2D eigenvalue weighted by Gasteiger charge is -2.13. The molecule has 0 bridgehead atoms. The van der Waals surface area contributed by atoms with Gasteiger partial charge < -0.3 is 4.57 Å². The maximum atomic E-state index is 12.9. The van der Waals surface area contributed by atoms with Gasteiger partial charge in [0.2, 0.25) is 10.0 Å². The molecule has 0 spiro atoms. The average molecular weight is 477 g/mol. The van der Waals surface area contributed by atoms with E-state index in [1.165, 1.54) is 22.3 Å². The number of aromatic nitrogens is 3. The van der Waals surface area contributed by atoms with Gasteiger partial charge in [-0.25, -0.2) is 18.1 Å². The number of aryl methyl sites for hydroxylation is 3. The van der Waals surface area contributed by atoms with E-state index in [4.69, 9.17) is 0 Å². The van der Waals surface area contributed by atoms with Crippen LogP contribution in [0, 0.1) is 20.8 Å². The van der Waals surface area contributed by atoms with Crippen LogP contribution in [0.25, 0.3) is 5.69 Å². The monoisotopic (exact) mass is 476 g/mol. The van der Waals surface area contributed by atoms with Crippen LogP contribution < -0.4 is 10.3 Å². The second-order valence-corrected chi connectivity index (χ2v) is 10.3. The van der Waals surface area contributed by atoms with E-state index in [-0.39, 0.29) is 17.0 Å². The molecule has 4 rings (SSSR count). The van der Waals surface area contributed by atoms with Gasteiger partial charge in [0.25, 0.3) is 5.56 Å². The van der Waals surface area contributed by atoms with Gasteiger partial charge in [0.05, 0.1) is 11.2 Å². The van der Waals surface area contributed by atoms with Gasteiger partial charge in [0.15, 0.2) is 0 Å². The second kappa shape index (κ2) is 9.79. The van der Waals surface area contributed by atoms with E-state index in [2.05, 4.69) is 21.8 Å². The number of sulfonamides is 1. The lowest BCUT2D eigenvalue weighted by atomic mass is 10.1. The smallest absolute Gasteiger partial charge is 0.256 e. The Kier molecular flexibility index (Phi) is 6.81. The number of rotatable bonds is 8. The molecule has 0 amide bonds. The summed E-state index contributed by atoms with van der Waals surface area (Å²) in [5.74, 6) is 0.